The van der Waals surface area contributed by atoms with E-state index in [4.69, 9.17) is 0 Å². The van der Waals surface area contributed by atoms with Gasteiger partial charge in [0.1, 0.15) is 0 Å². The van der Waals surface area contributed by atoms with Crippen LogP contribution in [0.3, 0.4) is 0 Å². The van der Waals surface area contributed by atoms with Crippen LogP contribution in [0.5, 0.6) is 0 Å². The molecule has 2 saturated carbocycles. The second-order valence-corrected chi connectivity index (χ2v) is 5.28. The minimum Gasteiger partial charge on any atom is -0.326 e. The van der Waals surface area contributed by atoms with Crippen LogP contribution < -0.4 is 5.32 Å². The van der Waals surface area contributed by atoms with Gasteiger partial charge in [0.15, 0.2) is 0 Å². The molecule has 1 amide bonds. The van der Waals surface area contributed by atoms with Gasteiger partial charge in [-0.3, -0.25) is 4.79 Å². The minimum atomic E-state index is 0.219. The number of carbonyl (C=O) groups is 1. The normalized spacial score (nSPS) is 30.9. The average molecular weight is 215 g/mol. The molecule has 16 heavy (non-hydrogen) atoms. The van der Waals surface area contributed by atoms with Gasteiger partial charge in [-0.2, -0.15) is 0 Å². The molecule has 0 aromatic heterocycles. The monoisotopic (exact) mass is 215 g/mol. The van der Waals surface area contributed by atoms with Crippen molar-refractivity contribution in [2.24, 2.45) is 17.8 Å². The molecular formula is C14H17NO. The van der Waals surface area contributed by atoms with Crippen LogP contribution in [-0.2, 0) is 4.79 Å². The Labute approximate surface area is 96.1 Å². The molecule has 2 aliphatic rings. The van der Waals surface area contributed by atoms with E-state index in [1.54, 1.807) is 0 Å². The number of nitrogens with one attached hydrogen (secondary N) is 1. The zero-order chi connectivity index (χ0) is 11.1. The molecule has 0 saturated heterocycles. The highest BCUT2D eigenvalue weighted by molar-refractivity contribution is 5.92. The van der Waals surface area contributed by atoms with Crippen molar-refractivity contribution >= 4 is 11.6 Å². The van der Waals surface area contributed by atoms with Crippen molar-refractivity contribution in [3.8, 4) is 0 Å². The third-order valence-corrected chi connectivity index (χ3v) is 3.93. The van der Waals surface area contributed by atoms with E-state index in [-0.39, 0.29) is 11.8 Å². The molecule has 0 bridgehead atoms. The number of amides is 1. The fourth-order valence-electron chi connectivity index (χ4n) is 2.81. The van der Waals surface area contributed by atoms with Gasteiger partial charge in [-0.05, 0) is 50.2 Å². The maximum Gasteiger partial charge on any atom is 0.227 e. The summed E-state index contributed by atoms with van der Waals surface area (Å²) in [6.07, 6.45) is 3.60. The average Bonchev–Trinajstić information content (AvgIpc) is 2.89. The number of fused-ring (bicyclic) bond motifs is 1. The van der Waals surface area contributed by atoms with Gasteiger partial charge < -0.3 is 5.32 Å². The van der Waals surface area contributed by atoms with Crippen LogP contribution in [0.25, 0.3) is 0 Å². The van der Waals surface area contributed by atoms with Crippen LogP contribution in [0, 0.1) is 24.7 Å². The molecule has 0 radical (unpaired) electrons. The Bertz CT molecular complexity index is 399. The first-order chi connectivity index (χ1) is 7.72. The van der Waals surface area contributed by atoms with E-state index in [2.05, 4.69) is 12.2 Å². The Hall–Kier alpha value is -1.31. The molecule has 3 rings (SSSR count). The molecule has 2 aliphatic carbocycles. The predicted molar refractivity (Wildman–Crippen MR) is 64.1 cm³/mol. The molecule has 2 unspecified atom stereocenters. The maximum atomic E-state index is 12.0. The van der Waals surface area contributed by atoms with Crippen LogP contribution >= 0.6 is 0 Å². The van der Waals surface area contributed by atoms with E-state index >= 15 is 0 Å². The lowest BCUT2D eigenvalue weighted by Crippen LogP contribution is -2.21. The summed E-state index contributed by atoms with van der Waals surface area (Å²) in [5.74, 6) is 2.23. The van der Waals surface area contributed by atoms with E-state index in [0.29, 0.717) is 0 Å². The lowest BCUT2D eigenvalue weighted by molar-refractivity contribution is -0.120. The lowest BCUT2D eigenvalue weighted by Gasteiger charge is -2.12. The van der Waals surface area contributed by atoms with Gasteiger partial charge in [-0.25, -0.2) is 0 Å². The van der Waals surface area contributed by atoms with Crippen LogP contribution in [0.1, 0.15) is 24.8 Å². The molecule has 0 aliphatic heterocycles. The van der Waals surface area contributed by atoms with Crippen molar-refractivity contribution < 1.29 is 4.79 Å². The van der Waals surface area contributed by atoms with Crippen LogP contribution in [-0.4, -0.2) is 5.91 Å². The number of hydrogen-bond acceptors (Lipinski definition) is 1. The quantitative estimate of drug-likeness (QED) is 0.807. The first kappa shape index (κ1) is 9.88. The third kappa shape index (κ3) is 1.84. The van der Waals surface area contributed by atoms with Crippen molar-refractivity contribution in [3.05, 3.63) is 29.8 Å². The number of benzene rings is 1. The van der Waals surface area contributed by atoms with Gasteiger partial charge in [0.25, 0.3) is 0 Å². The third-order valence-electron chi connectivity index (χ3n) is 3.93. The second-order valence-electron chi connectivity index (χ2n) is 5.28. The van der Waals surface area contributed by atoms with Crippen molar-refractivity contribution in [3.63, 3.8) is 0 Å². The number of hydrogen-bond donors (Lipinski definition) is 1. The fourth-order valence-corrected chi connectivity index (χ4v) is 2.81. The van der Waals surface area contributed by atoms with Crippen molar-refractivity contribution in [1.29, 1.82) is 0 Å². The molecule has 1 aromatic rings. The second kappa shape index (κ2) is 3.62. The summed E-state index contributed by atoms with van der Waals surface area (Å²) in [5.41, 5.74) is 2.15. The highest BCUT2D eigenvalue weighted by Gasteiger charge is 2.47. The van der Waals surface area contributed by atoms with Gasteiger partial charge >= 0.3 is 0 Å². The maximum absolute atomic E-state index is 12.0. The predicted octanol–water partition coefficient (Wildman–Crippen LogP) is 2.98. The molecule has 2 heteroatoms. The SMILES string of the molecule is Cc1ccc(NC(=O)C2CC3CC3C2)cc1. The van der Waals surface area contributed by atoms with E-state index in [9.17, 15) is 4.79 Å². The Morgan fingerprint density at radius 3 is 2.38 bits per heavy atom. The molecule has 2 nitrogen and oxygen atoms in total. The molecule has 2 fully saturated rings. The molecule has 2 atom stereocenters. The standard InChI is InChI=1S/C14H17NO/c1-9-2-4-13(5-3-9)15-14(16)12-7-10-6-11(10)8-12/h2-5,10-12H,6-8H2,1H3,(H,15,16). The van der Waals surface area contributed by atoms with Gasteiger partial charge in [-0.15, -0.1) is 0 Å². The summed E-state index contributed by atoms with van der Waals surface area (Å²) < 4.78 is 0. The summed E-state index contributed by atoms with van der Waals surface area (Å²) in [6.45, 7) is 2.05. The van der Waals surface area contributed by atoms with Crippen LogP contribution in [0.2, 0.25) is 0 Å². The first-order valence-corrected chi connectivity index (χ1v) is 6.10. The Morgan fingerprint density at radius 2 is 1.75 bits per heavy atom. The van der Waals surface area contributed by atoms with Gasteiger partial charge in [-0.1, -0.05) is 17.7 Å². The molecule has 0 spiro atoms. The summed E-state index contributed by atoms with van der Waals surface area (Å²) in [6, 6.07) is 8.01. The Balaban J connectivity index is 1.61. The summed E-state index contributed by atoms with van der Waals surface area (Å²) >= 11 is 0. The van der Waals surface area contributed by atoms with Crippen molar-refractivity contribution in [2.75, 3.05) is 5.32 Å². The highest BCUT2D eigenvalue weighted by atomic mass is 16.1. The van der Waals surface area contributed by atoms with Crippen LogP contribution in [0.4, 0.5) is 5.69 Å². The Kier molecular flexibility index (Phi) is 2.23. The molecular weight excluding hydrogens is 198 g/mol. The summed E-state index contributed by atoms with van der Waals surface area (Å²) in [5, 5.41) is 3.01. The van der Waals surface area contributed by atoms with E-state index < -0.39 is 0 Å². The van der Waals surface area contributed by atoms with Gasteiger partial charge in [0.2, 0.25) is 5.91 Å². The minimum absolute atomic E-state index is 0.219. The van der Waals surface area contributed by atoms with Crippen LogP contribution in [0.15, 0.2) is 24.3 Å². The molecule has 1 aromatic carbocycles. The smallest absolute Gasteiger partial charge is 0.227 e. The lowest BCUT2D eigenvalue weighted by atomic mass is 10.0. The number of anilines is 1. The zero-order valence-electron chi connectivity index (χ0n) is 9.57. The van der Waals surface area contributed by atoms with E-state index in [0.717, 1.165) is 30.4 Å². The number of aryl methyl sites for hydroxylation is 1. The van der Waals surface area contributed by atoms with Gasteiger partial charge in [0, 0.05) is 11.6 Å². The topological polar surface area (TPSA) is 29.1 Å². The van der Waals surface area contributed by atoms with Gasteiger partial charge in [0.05, 0.1) is 0 Å². The molecule has 84 valence electrons. The zero-order valence-corrected chi connectivity index (χ0v) is 9.57. The van der Waals surface area contributed by atoms with Crippen molar-refractivity contribution in [2.45, 2.75) is 26.2 Å². The highest BCUT2D eigenvalue weighted by Crippen LogP contribution is 2.54. The fraction of sp³-hybridized carbons (Fsp3) is 0.500. The number of carbonyl (C=O) groups excluding carboxylic acids is 1. The largest absolute Gasteiger partial charge is 0.326 e. The van der Waals surface area contributed by atoms with E-state index in [1.807, 2.05) is 24.3 Å². The Morgan fingerprint density at radius 1 is 1.12 bits per heavy atom. The van der Waals surface area contributed by atoms with E-state index in [1.165, 1.54) is 12.0 Å². The number of rotatable bonds is 2. The first-order valence-electron chi connectivity index (χ1n) is 6.10. The molecule has 1 N–H and O–H groups in total. The summed E-state index contributed by atoms with van der Waals surface area (Å²) in [4.78, 5) is 12.0. The summed E-state index contributed by atoms with van der Waals surface area (Å²) in [7, 11) is 0. The molecule has 0 heterocycles. The van der Waals surface area contributed by atoms with Crippen molar-refractivity contribution in [1.82, 2.24) is 0 Å².